The van der Waals surface area contributed by atoms with Gasteiger partial charge in [-0.05, 0) is 18.2 Å². The Morgan fingerprint density at radius 1 is 1.67 bits per heavy atom. The van der Waals surface area contributed by atoms with Gasteiger partial charge < -0.3 is 9.57 Å². The standard InChI is InChI=1S/C12H12BrNO3S/c1-16-12(15)11-6-9(17-14-11)7-18-10-4-2-3-8(13)5-10/h2-5,9H,6-7H2,1H3. The average molecular weight is 330 g/mol. The Hall–Kier alpha value is -1.01. The van der Waals surface area contributed by atoms with Gasteiger partial charge in [-0.2, -0.15) is 0 Å². The van der Waals surface area contributed by atoms with Crippen molar-refractivity contribution in [2.24, 2.45) is 5.16 Å². The molecule has 0 saturated heterocycles. The quantitative estimate of drug-likeness (QED) is 0.629. The van der Waals surface area contributed by atoms with Crippen molar-refractivity contribution in [3.8, 4) is 0 Å². The molecule has 1 aromatic rings. The summed E-state index contributed by atoms with van der Waals surface area (Å²) in [6.45, 7) is 0. The Bertz CT molecular complexity index is 478. The maximum absolute atomic E-state index is 11.2. The van der Waals surface area contributed by atoms with Gasteiger partial charge in [0.1, 0.15) is 6.10 Å². The maximum Gasteiger partial charge on any atom is 0.355 e. The van der Waals surface area contributed by atoms with Crippen LogP contribution in [0.4, 0.5) is 0 Å². The van der Waals surface area contributed by atoms with Gasteiger partial charge in [0.05, 0.1) is 7.11 Å². The lowest BCUT2D eigenvalue weighted by molar-refractivity contribution is -0.132. The Labute approximate surface area is 118 Å². The normalized spacial score (nSPS) is 18.1. The van der Waals surface area contributed by atoms with Crippen LogP contribution in [0, 0.1) is 0 Å². The van der Waals surface area contributed by atoms with Gasteiger partial charge in [0.15, 0.2) is 5.71 Å². The second kappa shape index (κ2) is 6.24. The second-order valence-corrected chi connectivity index (χ2v) is 5.74. The van der Waals surface area contributed by atoms with E-state index in [0.29, 0.717) is 12.1 Å². The fourth-order valence-corrected chi connectivity index (χ4v) is 2.99. The number of hydrogen-bond donors (Lipinski definition) is 0. The zero-order chi connectivity index (χ0) is 13.0. The van der Waals surface area contributed by atoms with Crippen molar-refractivity contribution in [3.63, 3.8) is 0 Å². The number of methoxy groups -OCH3 is 1. The monoisotopic (exact) mass is 329 g/mol. The summed E-state index contributed by atoms with van der Waals surface area (Å²) in [6, 6.07) is 8.04. The van der Waals surface area contributed by atoms with Crippen molar-refractivity contribution in [1.82, 2.24) is 0 Å². The molecule has 1 aliphatic heterocycles. The molecule has 1 aliphatic rings. The molecule has 0 radical (unpaired) electrons. The Balaban J connectivity index is 1.82. The van der Waals surface area contributed by atoms with Crippen molar-refractivity contribution in [1.29, 1.82) is 0 Å². The van der Waals surface area contributed by atoms with Crippen molar-refractivity contribution >= 4 is 39.4 Å². The molecule has 0 fully saturated rings. The molecule has 18 heavy (non-hydrogen) atoms. The van der Waals surface area contributed by atoms with E-state index in [9.17, 15) is 4.79 Å². The highest BCUT2D eigenvalue weighted by Gasteiger charge is 2.26. The number of carbonyl (C=O) groups is 1. The van der Waals surface area contributed by atoms with Crippen LogP contribution in [-0.4, -0.2) is 30.6 Å². The van der Waals surface area contributed by atoms with Crippen LogP contribution in [0.3, 0.4) is 0 Å². The van der Waals surface area contributed by atoms with Gasteiger partial charge in [0.2, 0.25) is 0 Å². The molecule has 96 valence electrons. The summed E-state index contributed by atoms with van der Waals surface area (Å²) >= 11 is 5.10. The van der Waals surface area contributed by atoms with E-state index in [1.54, 1.807) is 11.8 Å². The largest absolute Gasteiger partial charge is 0.464 e. The molecule has 4 nitrogen and oxygen atoms in total. The first-order valence-corrected chi connectivity index (χ1v) is 7.16. The van der Waals surface area contributed by atoms with Gasteiger partial charge in [-0.15, -0.1) is 11.8 Å². The van der Waals surface area contributed by atoms with Crippen LogP contribution in [0.15, 0.2) is 38.8 Å². The molecule has 0 amide bonds. The summed E-state index contributed by atoms with van der Waals surface area (Å²) in [5.74, 6) is 0.338. The highest BCUT2D eigenvalue weighted by atomic mass is 79.9. The minimum absolute atomic E-state index is 0.0666. The van der Waals surface area contributed by atoms with E-state index >= 15 is 0 Å². The van der Waals surface area contributed by atoms with E-state index < -0.39 is 5.97 Å². The van der Waals surface area contributed by atoms with E-state index in [1.807, 2.05) is 24.3 Å². The van der Waals surface area contributed by atoms with Crippen molar-refractivity contribution in [2.45, 2.75) is 17.4 Å². The topological polar surface area (TPSA) is 47.9 Å². The molecule has 0 saturated carbocycles. The van der Waals surface area contributed by atoms with Crippen LogP contribution in [0.1, 0.15) is 6.42 Å². The molecule has 1 heterocycles. The number of oxime groups is 1. The highest BCUT2D eigenvalue weighted by molar-refractivity contribution is 9.10. The SMILES string of the molecule is COC(=O)C1=NOC(CSc2cccc(Br)c2)C1. The predicted molar refractivity (Wildman–Crippen MR) is 73.8 cm³/mol. The van der Waals surface area contributed by atoms with E-state index in [0.717, 1.165) is 15.1 Å². The van der Waals surface area contributed by atoms with Gasteiger partial charge in [0, 0.05) is 21.5 Å². The molecule has 1 atom stereocenters. The summed E-state index contributed by atoms with van der Waals surface area (Å²) in [6.07, 6.45) is 0.441. The minimum atomic E-state index is -0.412. The number of rotatable bonds is 4. The molecular weight excluding hydrogens is 318 g/mol. The molecule has 0 bridgehead atoms. The van der Waals surface area contributed by atoms with Gasteiger partial charge >= 0.3 is 5.97 Å². The molecule has 0 aliphatic carbocycles. The highest BCUT2D eigenvalue weighted by Crippen LogP contribution is 2.25. The van der Waals surface area contributed by atoms with Crippen LogP contribution in [0.5, 0.6) is 0 Å². The van der Waals surface area contributed by atoms with Crippen LogP contribution >= 0.6 is 27.7 Å². The molecular formula is C12H12BrNO3S. The van der Waals surface area contributed by atoms with Crippen molar-refractivity contribution < 1.29 is 14.4 Å². The van der Waals surface area contributed by atoms with Gasteiger partial charge in [-0.1, -0.05) is 27.2 Å². The van der Waals surface area contributed by atoms with Crippen molar-refractivity contribution in [3.05, 3.63) is 28.7 Å². The van der Waals surface area contributed by atoms with E-state index in [1.165, 1.54) is 7.11 Å². The van der Waals surface area contributed by atoms with Crippen LogP contribution in [0.2, 0.25) is 0 Å². The van der Waals surface area contributed by atoms with Crippen molar-refractivity contribution in [2.75, 3.05) is 12.9 Å². The lowest BCUT2D eigenvalue weighted by atomic mass is 10.2. The molecule has 1 aromatic carbocycles. The molecule has 0 N–H and O–H groups in total. The lowest BCUT2D eigenvalue weighted by Crippen LogP contribution is -2.17. The zero-order valence-electron chi connectivity index (χ0n) is 9.76. The fourth-order valence-electron chi connectivity index (χ4n) is 1.50. The van der Waals surface area contributed by atoms with E-state index in [4.69, 9.17) is 4.84 Å². The summed E-state index contributed by atoms with van der Waals surface area (Å²) < 4.78 is 5.65. The maximum atomic E-state index is 11.2. The minimum Gasteiger partial charge on any atom is -0.464 e. The number of hydrogen-bond acceptors (Lipinski definition) is 5. The van der Waals surface area contributed by atoms with Gasteiger partial charge in [-0.25, -0.2) is 4.79 Å². The van der Waals surface area contributed by atoms with Crippen LogP contribution in [0.25, 0.3) is 0 Å². The third-order valence-corrected chi connectivity index (χ3v) is 4.00. The number of esters is 1. The first-order valence-electron chi connectivity index (χ1n) is 5.38. The van der Waals surface area contributed by atoms with Crippen LogP contribution < -0.4 is 0 Å². The van der Waals surface area contributed by atoms with Gasteiger partial charge in [-0.3, -0.25) is 0 Å². The predicted octanol–water partition coefficient (Wildman–Crippen LogP) is 2.86. The Morgan fingerprint density at radius 3 is 3.22 bits per heavy atom. The molecule has 1 unspecified atom stereocenters. The summed E-state index contributed by atoms with van der Waals surface area (Å²) in [7, 11) is 1.34. The smallest absolute Gasteiger partial charge is 0.355 e. The first kappa shape index (κ1) is 13.4. The van der Waals surface area contributed by atoms with Crippen LogP contribution in [-0.2, 0) is 14.4 Å². The molecule has 2 rings (SSSR count). The zero-order valence-corrected chi connectivity index (χ0v) is 12.2. The number of halogens is 1. The summed E-state index contributed by atoms with van der Waals surface area (Å²) in [5.41, 5.74) is 0.359. The number of ether oxygens (including phenoxy) is 1. The molecule has 0 spiro atoms. The van der Waals surface area contributed by atoms with E-state index in [-0.39, 0.29) is 6.10 Å². The Kier molecular flexibility index (Phi) is 4.66. The second-order valence-electron chi connectivity index (χ2n) is 3.73. The molecule has 6 heteroatoms. The number of nitrogens with zero attached hydrogens (tertiary/aromatic N) is 1. The van der Waals surface area contributed by atoms with Gasteiger partial charge in [0.25, 0.3) is 0 Å². The first-order chi connectivity index (χ1) is 8.69. The third-order valence-electron chi connectivity index (χ3n) is 2.39. The number of thioether (sulfide) groups is 1. The third kappa shape index (κ3) is 3.49. The lowest BCUT2D eigenvalue weighted by Gasteiger charge is -2.07. The molecule has 0 aromatic heterocycles. The number of benzene rings is 1. The number of carbonyl (C=O) groups excluding carboxylic acids is 1. The summed E-state index contributed by atoms with van der Waals surface area (Å²) in [5, 5.41) is 3.74. The fraction of sp³-hybridized carbons (Fsp3) is 0.333. The average Bonchev–Trinajstić information content (AvgIpc) is 2.84. The summed E-state index contributed by atoms with van der Waals surface area (Å²) in [4.78, 5) is 17.6. The Morgan fingerprint density at radius 2 is 2.50 bits per heavy atom. The van der Waals surface area contributed by atoms with E-state index in [2.05, 4.69) is 25.8 Å².